The van der Waals surface area contributed by atoms with Gasteiger partial charge in [0.1, 0.15) is 5.58 Å². The number of aryl methyl sites for hydroxylation is 2. The number of anilines is 1. The van der Waals surface area contributed by atoms with Crippen LogP contribution in [0.3, 0.4) is 0 Å². The lowest BCUT2D eigenvalue weighted by atomic mass is 10.1. The number of benzene rings is 1. The highest BCUT2D eigenvalue weighted by atomic mass is 35.5. The van der Waals surface area contributed by atoms with Crippen molar-refractivity contribution in [1.29, 1.82) is 0 Å². The summed E-state index contributed by atoms with van der Waals surface area (Å²) in [7, 11) is 1.71. The predicted octanol–water partition coefficient (Wildman–Crippen LogP) is 3.05. The van der Waals surface area contributed by atoms with E-state index < -0.39 is 11.5 Å². The van der Waals surface area contributed by atoms with Crippen LogP contribution in [0.15, 0.2) is 33.5 Å². The zero-order chi connectivity index (χ0) is 16.7. The van der Waals surface area contributed by atoms with Crippen molar-refractivity contribution in [2.24, 2.45) is 7.05 Å². The van der Waals surface area contributed by atoms with Gasteiger partial charge in [-0.3, -0.25) is 9.48 Å². The van der Waals surface area contributed by atoms with Gasteiger partial charge in [0.05, 0.1) is 10.7 Å². The van der Waals surface area contributed by atoms with Crippen LogP contribution in [-0.4, -0.2) is 15.7 Å². The molecule has 1 N–H and O–H groups in total. The minimum atomic E-state index is -0.429. The van der Waals surface area contributed by atoms with Gasteiger partial charge in [-0.1, -0.05) is 11.6 Å². The highest BCUT2D eigenvalue weighted by Gasteiger charge is 2.18. The zero-order valence-electron chi connectivity index (χ0n) is 12.8. The molecule has 1 amide bonds. The smallest absolute Gasteiger partial charge is 0.336 e. The van der Waals surface area contributed by atoms with E-state index in [2.05, 4.69) is 10.4 Å². The van der Waals surface area contributed by atoms with Gasteiger partial charge in [0, 0.05) is 30.3 Å². The molecular formula is C16H14ClN3O3. The van der Waals surface area contributed by atoms with Crippen LogP contribution in [0.5, 0.6) is 0 Å². The molecule has 0 saturated heterocycles. The third-order valence-electron chi connectivity index (χ3n) is 3.69. The average molecular weight is 332 g/mol. The maximum Gasteiger partial charge on any atom is 0.336 e. The number of nitrogens with one attached hydrogen (secondary N) is 1. The molecule has 0 unspecified atom stereocenters. The number of hydrogen-bond acceptors (Lipinski definition) is 4. The Hall–Kier alpha value is -2.60. The largest absolute Gasteiger partial charge is 0.423 e. The summed E-state index contributed by atoms with van der Waals surface area (Å²) in [5, 5.41) is 7.93. The molecule has 0 spiro atoms. The number of hydrogen-bond donors (Lipinski definition) is 1. The van der Waals surface area contributed by atoms with Crippen molar-refractivity contribution in [3.63, 3.8) is 0 Å². The molecule has 0 aliphatic rings. The molecule has 3 rings (SSSR count). The van der Waals surface area contributed by atoms with Gasteiger partial charge in [-0.2, -0.15) is 5.10 Å². The molecule has 0 saturated carbocycles. The quantitative estimate of drug-likeness (QED) is 0.732. The fourth-order valence-electron chi connectivity index (χ4n) is 2.32. The van der Waals surface area contributed by atoms with Crippen LogP contribution in [0.4, 0.5) is 5.69 Å². The second-order valence-corrected chi connectivity index (χ2v) is 5.66. The van der Waals surface area contributed by atoms with E-state index >= 15 is 0 Å². The number of carbonyl (C=O) groups is 1. The molecule has 3 aromatic rings. The van der Waals surface area contributed by atoms with E-state index in [1.165, 1.54) is 6.07 Å². The highest BCUT2D eigenvalue weighted by molar-refractivity contribution is 6.34. The Morgan fingerprint density at radius 2 is 2.04 bits per heavy atom. The third kappa shape index (κ3) is 2.73. The second kappa shape index (κ2) is 5.55. The van der Waals surface area contributed by atoms with Crippen molar-refractivity contribution in [3.8, 4) is 0 Å². The van der Waals surface area contributed by atoms with Crippen molar-refractivity contribution in [1.82, 2.24) is 9.78 Å². The SMILES string of the molecule is Cc1cc(=O)oc2cc(NC(=O)c3nn(C)c(C)c3Cl)ccc12. The van der Waals surface area contributed by atoms with Crippen LogP contribution in [0.25, 0.3) is 11.0 Å². The first-order valence-electron chi connectivity index (χ1n) is 6.92. The zero-order valence-corrected chi connectivity index (χ0v) is 13.6. The van der Waals surface area contributed by atoms with Crippen LogP contribution in [-0.2, 0) is 7.05 Å². The Labute approximate surface area is 136 Å². The van der Waals surface area contributed by atoms with Gasteiger partial charge < -0.3 is 9.73 Å². The lowest BCUT2D eigenvalue weighted by Crippen LogP contribution is -2.13. The summed E-state index contributed by atoms with van der Waals surface area (Å²) in [5.74, 6) is -0.423. The number of fused-ring (bicyclic) bond motifs is 1. The van der Waals surface area contributed by atoms with Gasteiger partial charge in [-0.25, -0.2) is 4.79 Å². The molecule has 0 radical (unpaired) electrons. The Morgan fingerprint density at radius 3 is 2.70 bits per heavy atom. The topological polar surface area (TPSA) is 77.1 Å². The van der Waals surface area contributed by atoms with Crippen molar-refractivity contribution in [2.75, 3.05) is 5.32 Å². The van der Waals surface area contributed by atoms with E-state index in [0.29, 0.717) is 22.0 Å². The molecular weight excluding hydrogens is 318 g/mol. The molecule has 2 aromatic heterocycles. The fourth-order valence-corrected chi connectivity index (χ4v) is 2.57. The number of aromatic nitrogens is 2. The van der Waals surface area contributed by atoms with Gasteiger partial charge in [0.15, 0.2) is 5.69 Å². The Morgan fingerprint density at radius 1 is 1.30 bits per heavy atom. The summed E-state index contributed by atoms with van der Waals surface area (Å²) < 4.78 is 6.71. The summed E-state index contributed by atoms with van der Waals surface area (Å²) in [4.78, 5) is 23.8. The number of halogens is 1. The molecule has 6 nitrogen and oxygen atoms in total. The number of amides is 1. The average Bonchev–Trinajstić information content (AvgIpc) is 2.74. The predicted molar refractivity (Wildman–Crippen MR) is 88.1 cm³/mol. The third-order valence-corrected chi connectivity index (χ3v) is 4.14. The van der Waals surface area contributed by atoms with E-state index in [1.807, 2.05) is 6.92 Å². The lowest BCUT2D eigenvalue weighted by Gasteiger charge is -2.06. The minimum absolute atomic E-state index is 0.150. The van der Waals surface area contributed by atoms with E-state index in [0.717, 1.165) is 10.9 Å². The summed E-state index contributed by atoms with van der Waals surface area (Å²) in [6.45, 7) is 3.60. The Balaban J connectivity index is 1.96. The highest BCUT2D eigenvalue weighted by Crippen LogP contribution is 2.23. The number of nitrogens with zero attached hydrogens (tertiary/aromatic N) is 2. The van der Waals surface area contributed by atoms with E-state index in [-0.39, 0.29) is 5.69 Å². The first kappa shape index (κ1) is 15.3. The van der Waals surface area contributed by atoms with Crippen molar-refractivity contribution < 1.29 is 9.21 Å². The van der Waals surface area contributed by atoms with Crippen LogP contribution >= 0.6 is 11.6 Å². The monoisotopic (exact) mass is 331 g/mol. The van der Waals surface area contributed by atoms with Gasteiger partial charge in [-0.05, 0) is 31.5 Å². The Kier molecular flexibility index (Phi) is 3.69. The summed E-state index contributed by atoms with van der Waals surface area (Å²) in [6.07, 6.45) is 0. The van der Waals surface area contributed by atoms with Crippen LogP contribution < -0.4 is 10.9 Å². The van der Waals surface area contributed by atoms with E-state index in [4.69, 9.17) is 16.0 Å². The molecule has 118 valence electrons. The maximum atomic E-state index is 12.3. The Bertz CT molecular complexity index is 988. The second-order valence-electron chi connectivity index (χ2n) is 5.29. The van der Waals surface area contributed by atoms with Gasteiger partial charge in [0.2, 0.25) is 0 Å². The maximum absolute atomic E-state index is 12.3. The van der Waals surface area contributed by atoms with Crippen LogP contribution in [0.2, 0.25) is 5.02 Å². The number of carbonyl (C=O) groups excluding carboxylic acids is 1. The van der Waals surface area contributed by atoms with Crippen molar-refractivity contribution in [3.05, 3.63) is 56.7 Å². The molecule has 0 fully saturated rings. The molecule has 2 heterocycles. The van der Waals surface area contributed by atoms with Gasteiger partial charge in [0.25, 0.3) is 5.91 Å². The standard InChI is InChI=1S/C16H14ClN3O3/c1-8-6-13(21)23-12-7-10(4-5-11(8)12)18-16(22)15-14(17)9(2)20(3)19-15/h4-7H,1-3H3,(H,18,22). The molecule has 0 aliphatic carbocycles. The molecule has 23 heavy (non-hydrogen) atoms. The molecule has 0 bridgehead atoms. The summed E-state index contributed by atoms with van der Waals surface area (Å²) >= 11 is 6.11. The molecule has 7 heteroatoms. The fraction of sp³-hybridized carbons (Fsp3) is 0.188. The van der Waals surface area contributed by atoms with E-state index in [9.17, 15) is 9.59 Å². The molecule has 0 aliphatic heterocycles. The lowest BCUT2D eigenvalue weighted by molar-refractivity contribution is 0.102. The van der Waals surface area contributed by atoms with Gasteiger partial charge in [-0.15, -0.1) is 0 Å². The molecule has 1 aromatic carbocycles. The van der Waals surface area contributed by atoms with Crippen LogP contribution in [0.1, 0.15) is 21.7 Å². The van der Waals surface area contributed by atoms with Crippen molar-refractivity contribution in [2.45, 2.75) is 13.8 Å². The van der Waals surface area contributed by atoms with Crippen LogP contribution in [0, 0.1) is 13.8 Å². The molecule has 0 atom stereocenters. The van der Waals surface area contributed by atoms with Gasteiger partial charge >= 0.3 is 5.63 Å². The summed E-state index contributed by atoms with van der Waals surface area (Å²) in [5.41, 5.74) is 2.15. The first-order valence-corrected chi connectivity index (χ1v) is 7.29. The first-order chi connectivity index (χ1) is 10.9. The normalized spacial score (nSPS) is 11.0. The minimum Gasteiger partial charge on any atom is -0.423 e. The summed E-state index contributed by atoms with van der Waals surface area (Å²) in [6, 6.07) is 6.55. The van der Waals surface area contributed by atoms with Crippen molar-refractivity contribution >= 4 is 34.2 Å². The van der Waals surface area contributed by atoms with E-state index in [1.54, 1.807) is 36.9 Å². The number of rotatable bonds is 2.